The van der Waals surface area contributed by atoms with Gasteiger partial charge in [0.1, 0.15) is 18.1 Å². The highest BCUT2D eigenvalue weighted by molar-refractivity contribution is 6.05. The van der Waals surface area contributed by atoms with Crippen molar-refractivity contribution in [3.63, 3.8) is 0 Å². The molecule has 5 nitrogen and oxygen atoms in total. The second-order valence-electron chi connectivity index (χ2n) is 8.87. The Hall–Kier alpha value is -3.15. The molecule has 4 aromatic rings. The van der Waals surface area contributed by atoms with Crippen LogP contribution in [0.15, 0.2) is 75.9 Å². The van der Waals surface area contributed by atoms with Gasteiger partial charge in [0.15, 0.2) is 0 Å². The Morgan fingerprint density at radius 3 is 2.41 bits per heavy atom. The number of fused-ring (bicyclic) bond motifs is 5. The smallest absolute Gasteiger partial charge is 0.344 e. The second-order valence-corrected chi connectivity index (χ2v) is 8.87. The Morgan fingerprint density at radius 2 is 1.59 bits per heavy atom. The molecular weight excluding hydrogens is 400 g/mol. The summed E-state index contributed by atoms with van der Waals surface area (Å²) in [5.41, 5.74) is 2.74. The summed E-state index contributed by atoms with van der Waals surface area (Å²) < 4.78 is 11.9. The van der Waals surface area contributed by atoms with E-state index in [1.807, 2.05) is 36.4 Å². The van der Waals surface area contributed by atoms with Gasteiger partial charge in [-0.05, 0) is 55.1 Å². The molecule has 0 radical (unpaired) electrons. The molecular formula is C27H26N2O3. The van der Waals surface area contributed by atoms with Crippen molar-refractivity contribution in [1.82, 2.24) is 9.80 Å². The van der Waals surface area contributed by atoms with E-state index in [0.29, 0.717) is 23.7 Å². The van der Waals surface area contributed by atoms with Crippen molar-refractivity contribution in [3.05, 3.63) is 88.3 Å². The van der Waals surface area contributed by atoms with Crippen LogP contribution in [0.1, 0.15) is 24.0 Å². The average molecular weight is 427 g/mol. The van der Waals surface area contributed by atoms with E-state index in [-0.39, 0.29) is 5.63 Å². The second kappa shape index (κ2) is 8.08. The zero-order valence-electron chi connectivity index (χ0n) is 18.0. The van der Waals surface area contributed by atoms with E-state index in [4.69, 9.17) is 9.15 Å². The molecule has 2 aliphatic rings. The van der Waals surface area contributed by atoms with Crippen LogP contribution in [0.5, 0.6) is 5.75 Å². The number of benzene rings is 3. The fourth-order valence-electron chi connectivity index (χ4n) is 5.19. The van der Waals surface area contributed by atoms with Gasteiger partial charge in [-0.15, -0.1) is 0 Å². The Bertz CT molecular complexity index is 1320. The minimum atomic E-state index is -0.284. The topological polar surface area (TPSA) is 45.9 Å². The van der Waals surface area contributed by atoms with Gasteiger partial charge in [0.05, 0.1) is 10.9 Å². The minimum Gasteiger partial charge on any atom is -0.478 e. The molecule has 3 aromatic carbocycles. The lowest BCUT2D eigenvalue weighted by Gasteiger charge is -2.40. The number of hydrogen-bond donors (Lipinski definition) is 0. The first-order chi connectivity index (χ1) is 15.8. The van der Waals surface area contributed by atoms with E-state index in [1.165, 1.54) is 5.56 Å². The quantitative estimate of drug-likeness (QED) is 0.349. The van der Waals surface area contributed by atoms with E-state index in [1.54, 1.807) is 0 Å². The zero-order valence-corrected chi connectivity index (χ0v) is 18.0. The van der Waals surface area contributed by atoms with Crippen LogP contribution in [0.3, 0.4) is 0 Å². The Labute approximate surface area is 186 Å². The van der Waals surface area contributed by atoms with Crippen molar-refractivity contribution >= 4 is 21.7 Å². The molecule has 0 spiro atoms. The van der Waals surface area contributed by atoms with E-state index in [9.17, 15) is 4.79 Å². The molecule has 0 aliphatic carbocycles. The number of ether oxygens (including phenoxy) is 1. The molecule has 2 aliphatic heterocycles. The standard InChI is InChI=1S/C27H26N2O3/c30-27-23-9-5-4-8-21(23)22-10-11-25-24(26(22)32-27)17-29(18-31-25)20-12-14-28(15-13-20)16-19-6-2-1-3-7-19/h1-11,20H,12-18H2. The third kappa shape index (κ3) is 3.48. The van der Waals surface area contributed by atoms with E-state index in [0.717, 1.165) is 61.1 Å². The highest BCUT2D eigenvalue weighted by Gasteiger charge is 2.30. The SMILES string of the molecule is O=c1oc2c3c(ccc2c2ccccc12)OCN(C1CCN(Cc2ccccc2)CC1)C3. The monoisotopic (exact) mass is 426 g/mol. The maximum absolute atomic E-state index is 12.6. The number of rotatable bonds is 3. The number of nitrogens with zero attached hydrogens (tertiary/aromatic N) is 2. The highest BCUT2D eigenvalue weighted by Crippen LogP contribution is 2.36. The summed E-state index contributed by atoms with van der Waals surface area (Å²) in [5, 5.41) is 2.54. The van der Waals surface area contributed by atoms with Crippen LogP contribution in [0.2, 0.25) is 0 Å². The van der Waals surface area contributed by atoms with Gasteiger partial charge in [-0.1, -0.05) is 48.5 Å². The number of piperidine rings is 1. The van der Waals surface area contributed by atoms with Crippen LogP contribution in [0, 0.1) is 0 Å². The maximum Gasteiger partial charge on any atom is 0.344 e. The first kappa shape index (κ1) is 19.5. The molecule has 0 unspecified atom stereocenters. The van der Waals surface area contributed by atoms with Crippen LogP contribution in [0.25, 0.3) is 21.7 Å². The van der Waals surface area contributed by atoms with Gasteiger partial charge in [-0.3, -0.25) is 9.80 Å². The minimum absolute atomic E-state index is 0.284. The molecule has 1 aromatic heterocycles. The molecule has 0 amide bonds. The molecule has 3 heterocycles. The first-order valence-corrected chi connectivity index (χ1v) is 11.4. The summed E-state index contributed by atoms with van der Waals surface area (Å²) in [6, 6.07) is 22.8. The third-order valence-corrected chi connectivity index (χ3v) is 6.92. The van der Waals surface area contributed by atoms with Gasteiger partial charge in [-0.2, -0.15) is 0 Å². The molecule has 1 saturated heterocycles. The zero-order chi connectivity index (χ0) is 21.5. The van der Waals surface area contributed by atoms with Crippen LogP contribution >= 0.6 is 0 Å². The molecule has 0 N–H and O–H groups in total. The van der Waals surface area contributed by atoms with Gasteiger partial charge in [-0.25, -0.2) is 4.79 Å². The molecule has 0 saturated carbocycles. The van der Waals surface area contributed by atoms with Crippen LogP contribution in [0.4, 0.5) is 0 Å². The molecule has 1 fully saturated rings. The molecule has 32 heavy (non-hydrogen) atoms. The van der Waals surface area contributed by atoms with Gasteiger partial charge >= 0.3 is 5.63 Å². The van der Waals surface area contributed by atoms with E-state index >= 15 is 0 Å². The van der Waals surface area contributed by atoms with Crippen molar-refractivity contribution in [2.75, 3.05) is 19.8 Å². The van der Waals surface area contributed by atoms with Crippen molar-refractivity contribution < 1.29 is 9.15 Å². The predicted octanol–water partition coefficient (Wildman–Crippen LogP) is 4.76. The Kier molecular flexibility index (Phi) is 4.93. The summed E-state index contributed by atoms with van der Waals surface area (Å²) in [4.78, 5) is 17.6. The van der Waals surface area contributed by atoms with E-state index < -0.39 is 0 Å². The molecule has 6 rings (SSSR count). The van der Waals surface area contributed by atoms with E-state index in [2.05, 4.69) is 40.1 Å². The fraction of sp³-hybridized carbons (Fsp3) is 0.296. The van der Waals surface area contributed by atoms with Crippen LogP contribution < -0.4 is 10.4 Å². The highest BCUT2D eigenvalue weighted by atomic mass is 16.5. The van der Waals surface area contributed by atoms with Crippen LogP contribution in [-0.4, -0.2) is 35.7 Å². The van der Waals surface area contributed by atoms with Crippen molar-refractivity contribution in [1.29, 1.82) is 0 Å². The summed E-state index contributed by atoms with van der Waals surface area (Å²) in [7, 11) is 0. The lowest BCUT2D eigenvalue weighted by Crippen LogP contribution is -2.47. The Balaban J connectivity index is 1.23. The summed E-state index contributed by atoms with van der Waals surface area (Å²) in [6.07, 6.45) is 2.23. The van der Waals surface area contributed by atoms with Crippen molar-refractivity contribution in [3.8, 4) is 5.75 Å². The largest absolute Gasteiger partial charge is 0.478 e. The average Bonchev–Trinajstić information content (AvgIpc) is 2.85. The van der Waals surface area contributed by atoms with Crippen molar-refractivity contribution in [2.24, 2.45) is 0 Å². The molecule has 5 heteroatoms. The summed E-state index contributed by atoms with van der Waals surface area (Å²) in [6.45, 7) is 4.50. The Morgan fingerprint density at radius 1 is 0.844 bits per heavy atom. The van der Waals surface area contributed by atoms with Gasteiger partial charge in [0, 0.05) is 24.5 Å². The third-order valence-electron chi connectivity index (χ3n) is 6.92. The predicted molar refractivity (Wildman–Crippen MR) is 126 cm³/mol. The molecule has 0 atom stereocenters. The molecule has 0 bridgehead atoms. The maximum atomic E-state index is 12.6. The number of hydrogen-bond acceptors (Lipinski definition) is 5. The first-order valence-electron chi connectivity index (χ1n) is 11.4. The summed E-state index contributed by atoms with van der Waals surface area (Å²) >= 11 is 0. The molecule has 162 valence electrons. The lowest BCUT2D eigenvalue weighted by atomic mass is 9.99. The fourth-order valence-corrected chi connectivity index (χ4v) is 5.19. The van der Waals surface area contributed by atoms with Crippen LogP contribution in [-0.2, 0) is 13.1 Å². The normalized spacial score (nSPS) is 18.0. The van der Waals surface area contributed by atoms with Gasteiger partial charge < -0.3 is 9.15 Å². The van der Waals surface area contributed by atoms with Gasteiger partial charge in [0.2, 0.25) is 0 Å². The van der Waals surface area contributed by atoms with Gasteiger partial charge in [0.25, 0.3) is 0 Å². The number of likely N-dealkylation sites (tertiary alicyclic amines) is 1. The lowest BCUT2D eigenvalue weighted by molar-refractivity contribution is 0.0244. The van der Waals surface area contributed by atoms with Crippen molar-refractivity contribution in [2.45, 2.75) is 32.0 Å². The summed E-state index contributed by atoms with van der Waals surface area (Å²) in [5.74, 6) is 0.827.